The number of fused-ring (bicyclic) bond motifs is 1. The van der Waals surface area contributed by atoms with Crippen molar-refractivity contribution in [2.75, 3.05) is 5.73 Å². The van der Waals surface area contributed by atoms with Crippen LogP contribution < -0.4 is 5.73 Å². The molecule has 2 aromatic rings. The molecule has 0 amide bonds. The summed E-state index contributed by atoms with van der Waals surface area (Å²) in [4.78, 5) is 4.65. The third-order valence-corrected chi connectivity index (χ3v) is 3.88. The number of anilines is 1. The maximum atomic E-state index is 6.18. The summed E-state index contributed by atoms with van der Waals surface area (Å²) >= 11 is 5.97. The number of pyridine rings is 1. The van der Waals surface area contributed by atoms with E-state index >= 15 is 0 Å². The van der Waals surface area contributed by atoms with Crippen LogP contribution in [0.1, 0.15) is 43.7 Å². The fourth-order valence-corrected chi connectivity index (χ4v) is 2.89. The summed E-state index contributed by atoms with van der Waals surface area (Å²) in [6.07, 6.45) is 8.24. The summed E-state index contributed by atoms with van der Waals surface area (Å²) in [5.74, 6) is 1.31. The first-order valence-corrected chi connectivity index (χ1v) is 6.56. The zero-order valence-corrected chi connectivity index (χ0v) is 10.5. The third-order valence-electron chi connectivity index (χ3n) is 3.65. The number of nitrogen functional groups attached to an aromatic ring is 1. The molecule has 1 fully saturated rings. The summed E-state index contributed by atoms with van der Waals surface area (Å²) in [6.45, 7) is 0. The molecule has 0 unspecified atom stereocenters. The van der Waals surface area contributed by atoms with Crippen LogP contribution in [0.3, 0.4) is 0 Å². The van der Waals surface area contributed by atoms with Gasteiger partial charge in [0.1, 0.15) is 11.5 Å². The highest BCUT2D eigenvalue weighted by Crippen LogP contribution is 2.35. The molecule has 2 N–H and O–H groups in total. The predicted octanol–water partition coefficient (Wildman–Crippen LogP) is 3.62. The molecule has 0 aromatic carbocycles. The molecule has 0 spiro atoms. The Bertz CT molecular complexity index is 541. The second-order valence-corrected chi connectivity index (χ2v) is 5.23. The first-order chi connectivity index (χ1) is 8.25. The monoisotopic (exact) mass is 249 g/mol. The van der Waals surface area contributed by atoms with E-state index in [0.717, 1.165) is 17.2 Å². The lowest BCUT2D eigenvalue weighted by atomic mass is 9.87. The summed E-state index contributed by atoms with van der Waals surface area (Å²) < 4.78 is 1.93. The summed E-state index contributed by atoms with van der Waals surface area (Å²) in [7, 11) is 0. The zero-order valence-electron chi connectivity index (χ0n) is 9.69. The number of nitrogens with two attached hydrogens (primary N) is 1. The quantitative estimate of drug-likeness (QED) is 0.839. The van der Waals surface area contributed by atoms with E-state index in [4.69, 9.17) is 17.3 Å². The van der Waals surface area contributed by atoms with E-state index in [1.165, 1.54) is 32.1 Å². The van der Waals surface area contributed by atoms with Gasteiger partial charge >= 0.3 is 0 Å². The molecule has 90 valence electrons. The van der Waals surface area contributed by atoms with Gasteiger partial charge in [0.2, 0.25) is 0 Å². The molecule has 17 heavy (non-hydrogen) atoms. The Hall–Kier alpha value is -1.22. The number of rotatable bonds is 1. The number of aromatic nitrogens is 2. The Morgan fingerprint density at radius 3 is 2.82 bits per heavy atom. The molecular weight excluding hydrogens is 234 g/mol. The van der Waals surface area contributed by atoms with E-state index in [9.17, 15) is 0 Å². The normalized spacial score (nSPS) is 17.7. The van der Waals surface area contributed by atoms with Gasteiger partial charge in [-0.25, -0.2) is 4.98 Å². The van der Waals surface area contributed by atoms with Gasteiger partial charge < -0.3 is 5.73 Å². The minimum atomic E-state index is 0.530. The van der Waals surface area contributed by atoms with E-state index < -0.39 is 0 Å². The Kier molecular flexibility index (Phi) is 2.71. The predicted molar refractivity (Wildman–Crippen MR) is 70.4 cm³/mol. The van der Waals surface area contributed by atoms with Gasteiger partial charge in [0.25, 0.3) is 0 Å². The number of hydrogen-bond acceptors (Lipinski definition) is 2. The molecular formula is C13H16ClN3. The second kappa shape index (κ2) is 4.22. The highest BCUT2D eigenvalue weighted by molar-refractivity contribution is 6.30. The Balaban J connectivity index is 2.07. The van der Waals surface area contributed by atoms with Crippen LogP contribution in [0.15, 0.2) is 18.3 Å². The molecule has 0 radical (unpaired) electrons. The van der Waals surface area contributed by atoms with E-state index in [1.54, 1.807) is 0 Å². The van der Waals surface area contributed by atoms with E-state index in [2.05, 4.69) is 4.98 Å². The molecule has 3 rings (SSSR count). The van der Waals surface area contributed by atoms with Crippen molar-refractivity contribution in [3.05, 3.63) is 29.0 Å². The van der Waals surface area contributed by atoms with Crippen LogP contribution in [-0.4, -0.2) is 9.38 Å². The molecule has 1 saturated carbocycles. The zero-order chi connectivity index (χ0) is 11.8. The van der Waals surface area contributed by atoms with Crippen LogP contribution in [0.25, 0.3) is 5.65 Å². The van der Waals surface area contributed by atoms with Crippen molar-refractivity contribution in [3.8, 4) is 0 Å². The minimum Gasteiger partial charge on any atom is -0.383 e. The average molecular weight is 250 g/mol. The lowest BCUT2D eigenvalue weighted by molar-refractivity contribution is 0.439. The van der Waals surface area contributed by atoms with Gasteiger partial charge in [0.05, 0.1) is 5.69 Å². The van der Waals surface area contributed by atoms with Gasteiger partial charge in [-0.3, -0.25) is 4.40 Å². The Labute approximate surface area is 106 Å². The van der Waals surface area contributed by atoms with Gasteiger partial charge in [-0.15, -0.1) is 0 Å². The van der Waals surface area contributed by atoms with Crippen molar-refractivity contribution >= 4 is 23.1 Å². The fourth-order valence-electron chi connectivity index (χ4n) is 2.73. The smallest absolute Gasteiger partial charge is 0.140 e. The molecule has 1 aliphatic rings. The highest BCUT2D eigenvalue weighted by atomic mass is 35.5. The molecule has 1 aliphatic carbocycles. The van der Waals surface area contributed by atoms with Crippen LogP contribution in [0.4, 0.5) is 5.82 Å². The largest absolute Gasteiger partial charge is 0.383 e. The number of nitrogens with zero attached hydrogens (tertiary/aromatic N) is 2. The molecule has 0 bridgehead atoms. The Morgan fingerprint density at radius 2 is 2.06 bits per heavy atom. The molecule has 0 atom stereocenters. The molecule has 2 heterocycles. The van der Waals surface area contributed by atoms with Gasteiger partial charge in [-0.05, 0) is 18.9 Å². The number of halogens is 1. The summed E-state index contributed by atoms with van der Waals surface area (Å²) in [5.41, 5.74) is 8.10. The third kappa shape index (κ3) is 1.89. The van der Waals surface area contributed by atoms with Crippen LogP contribution in [0.2, 0.25) is 5.02 Å². The lowest BCUT2D eigenvalue weighted by Crippen LogP contribution is -2.07. The van der Waals surface area contributed by atoms with Crippen molar-refractivity contribution in [2.45, 2.75) is 38.0 Å². The van der Waals surface area contributed by atoms with Gasteiger partial charge in [0.15, 0.2) is 0 Å². The topological polar surface area (TPSA) is 43.3 Å². The Morgan fingerprint density at radius 1 is 1.29 bits per heavy atom. The first kappa shape index (κ1) is 10.9. The van der Waals surface area contributed by atoms with Crippen molar-refractivity contribution in [1.82, 2.24) is 9.38 Å². The molecule has 0 saturated heterocycles. The van der Waals surface area contributed by atoms with E-state index in [-0.39, 0.29) is 0 Å². The minimum absolute atomic E-state index is 0.530. The first-order valence-electron chi connectivity index (χ1n) is 6.18. The fraction of sp³-hybridized carbons (Fsp3) is 0.462. The number of hydrogen-bond donors (Lipinski definition) is 1. The van der Waals surface area contributed by atoms with Gasteiger partial charge in [-0.1, -0.05) is 30.9 Å². The highest BCUT2D eigenvalue weighted by Gasteiger charge is 2.21. The average Bonchev–Trinajstić information content (AvgIpc) is 2.67. The SMILES string of the molecule is Nc1c(C2CCCCC2)nc2cc(Cl)ccn12. The van der Waals surface area contributed by atoms with Crippen molar-refractivity contribution in [1.29, 1.82) is 0 Å². The maximum absolute atomic E-state index is 6.18. The van der Waals surface area contributed by atoms with Crippen molar-refractivity contribution in [2.24, 2.45) is 0 Å². The maximum Gasteiger partial charge on any atom is 0.140 e. The molecule has 4 heteroatoms. The standard InChI is InChI=1S/C13H16ClN3/c14-10-6-7-17-11(8-10)16-12(13(17)15)9-4-2-1-3-5-9/h6-9H,1-5,15H2. The number of imidazole rings is 1. The van der Waals surface area contributed by atoms with E-state index in [0.29, 0.717) is 10.9 Å². The lowest BCUT2D eigenvalue weighted by Gasteiger charge is -2.20. The molecule has 2 aromatic heterocycles. The van der Waals surface area contributed by atoms with Crippen LogP contribution in [-0.2, 0) is 0 Å². The van der Waals surface area contributed by atoms with E-state index in [1.807, 2.05) is 22.7 Å². The molecule has 3 nitrogen and oxygen atoms in total. The van der Waals surface area contributed by atoms with Gasteiger partial charge in [0, 0.05) is 23.2 Å². The van der Waals surface area contributed by atoms with Crippen molar-refractivity contribution in [3.63, 3.8) is 0 Å². The van der Waals surface area contributed by atoms with Gasteiger partial charge in [-0.2, -0.15) is 0 Å². The second-order valence-electron chi connectivity index (χ2n) is 4.79. The van der Waals surface area contributed by atoms with Crippen molar-refractivity contribution < 1.29 is 0 Å². The van der Waals surface area contributed by atoms with Crippen LogP contribution >= 0.6 is 11.6 Å². The summed E-state index contributed by atoms with van der Waals surface area (Å²) in [5, 5.41) is 0.706. The van der Waals surface area contributed by atoms with Crippen LogP contribution in [0.5, 0.6) is 0 Å². The molecule has 0 aliphatic heterocycles. The van der Waals surface area contributed by atoms with Crippen LogP contribution in [0, 0.1) is 0 Å². The summed E-state index contributed by atoms with van der Waals surface area (Å²) in [6, 6.07) is 3.71.